The largest absolute Gasteiger partial charge is 0.340 e. The van der Waals surface area contributed by atoms with Crippen LogP contribution in [0.15, 0.2) is 46.1 Å². The summed E-state index contributed by atoms with van der Waals surface area (Å²) in [6.07, 6.45) is 2.87. The number of hydrogen-bond acceptors (Lipinski definition) is 4. The monoisotopic (exact) mass is 396 g/mol. The Hall–Kier alpha value is -3.16. The highest BCUT2D eigenvalue weighted by molar-refractivity contribution is 5.84. The van der Waals surface area contributed by atoms with Crippen LogP contribution in [0.5, 0.6) is 0 Å². The summed E-state index contributed by atoms with van der Waals surface area (Å²) >= 11 is 0. The molecule has 2 bridgehead atoms. The number of carbonyl (C=O) groups is 2. The maximum absolute atomic E-state index is 13.0. The lowest BCUT2D eigenvalue weighted by atomic mass is 9.93. The van der Waals surface area contributed by atoms with Crippen LogP contribution in [0.25, 0.3) is 0 Å². The second-order valence-electron chi connectivity index (χ2n) is 7.84. The normalized spacial score (nSPS) is 21.3. The zero-order valence-corrected chi connectivity index (χ0v) is 16.3. The van der Waals surface area contributed by atoms with E-state index in [1.165, 1.54) is 13.2 Å². The number of piperidine rings is 1. The van der Waals surface area contributed by atoms with Crippen molar-refractivity contribution in [1.29, 1.82) is 0 Å². The first-order valence-corrected chi connectivity index (χ1v) is 9.84. The molecule has 3 aliphatic heterocycles. The molecular formula is C21H24N4O4. The fraction of sp³-hybridized carbons (Fsp3) is 0.429. The van der Waals surface area contributed by atoms with Crippen LogP contribution in [0, 0.1) is 5.92 Å². The molecule has 1 N–H and O–H groups in total. The van der Waals surface area contributed by atoms with Gasteiger partial charge in [0.1, 0.15) is 0 Å². The molecule has 0 saturated carbocycles. The van der Waals surface area contributed by atoms with Gasteiger partial charge < -0.3 is 14.8 Å². The molecule has 3 saturated heterocycles. The number of aromatic amines is 1. The minimum absolute atomic E-state index is 0.0242. The second-order valence-corrected chi connectivity index (χ2v) is 7.84. The third-order valence-electron chi connectivity index (χ3n) is 5.94. The van der Waals surface area contributed by atoms with E-state index in [0.717, 1.165) is 23.0 Å². The van der Waals surface area contributed by atoms with Crippen molar-refractivity contribution in [1.82, 2.24) is 19.4 Å². The Bertz CT molecular complexity index is 1040. The Morgan fingerprint density at radius 2 is 1.86 bits per heavy atom. The summed E-state index contributed by atoms with van der Waals surface area (Å²) in [5.74, 6) is -0.305. The topological polar surface area (TPSA) is 95.5 Å². The Labute approximate surface area is 167 Å². The first-order chi connectivity index (χ1) is 13.9. The quantitative estimate of drug-likeness (QED) is 0.802. The molecule has 8 heteroatoms. The zero-order chi connectivity index (χ0) is 20.5. The van der Waals surface area contributed by atoms with E-state index in [0.29, 0.717) is 19.6 Å². The fourth-order valence-electron chi connectivity index (χ4n) is 4.25. The third kappa shape index (κ3) is 3.74. The van der Waals surface area contributed by atoms with E-state index >= 15 is 0 Å². The summed E-state index contributed by atoms with van der Waals surface area (Å²) in [5.41, 5.74) is 0.340. The number of H-pyrrole nitrogens is 1. The number of carbonyl (C=O) groups excluding carboxylic acids is 2. The lowest BCUT2D eigenvalue weighted by molar-refractivity contribution is -0.140. The number of fused-ring (bicyclic) bond motifs is 4. The van der Waals surface area contributed by atoms with Crippen LogP contribution in [-0.2, 0) is 29.6 Å². The minimum atomic E-state index is -0.513. The van der Waals surface area contributed by atoms with Gasteiger partial charge in [0.2, 0.25) is 11.8 Å². The highest BCUT2D eigenvalue weighted by Crippen LogP contribution is 2.30. The lowest BCUT2D eigenvalue weighted by Crippen LogP contribution is -2.47. The molecule has 0 unspecified atom stereocenters. The van der Waals surface area contributed by atoms with E-state index in [4.69, 9.17) is 0 Å². The molecule has 2 atom stereocenters. The molecule has 29 heavy (non-hydrogen) atoms. The molecule has 5 rings (SSSR count). The van der Waals surface area contributed by atoms with E-state index in [1.807, 2.05) is 35.2 Å². The van der Waals surface area contributed by atoms with Gasteiger partial charge in [-0.2, -0.15) is 0 Å². The Morgan fingerprint density at radius 3 is 2.62 bits per heavy atom. The van der Waals surface area contributed by atoms with Crippen LogP contribution in [0.3, 0.4) is 0 Å². The minimum Gasteiger partial charge on any atom is -0.340 e. The average molecular weight is 396 g/mol. The van der Waals surface area contributed by atoms with Gasteiger partial charge in [-0.05, 0) is 18.4 Å². The molecule has 0 radical (unpaired) electrons. The summed E-state index contributed by atoms with van der Waals surface area (Å²) in [5, 5.41) is 0. The highest BCUT2D eigenvalue weighted by atomic mass is 16.2. The van der Waals surface area contributed by atoms with Gasteiger partial charge in [-0.25, -0.2) is 4.79 Å². The predicted octanol–water partition coefficient (Wildman–Crippen LogP) is 0.266. The summed E-state index contributed by atoms with van der Waals surface area (Å²) < 4.78 is 0.958. The standard InChI is InChI=1S/C21H24N4O4/c1-23-19(27)16(10-22-21(23)29)9-18(26)24-12-15-7-8-17(13-24)25(20(15)28)11-14-5-3-2-4-6-14/h2-6,10,15,17H,7-9,11-13H2,1H3,(H,22,29)/t15-,17+/m1/s1. The van der Waals surface area contributed by atoms with Gasteiger partial charge in [-0.3, -0.25) is 19.0 Å². The van der Waals surface area contributed by atoms with Crippen molar-refractivity contribution in [2.45, 2.75) is 31.8 Å². The summed E-state index contributed by atoms with van der Waals surface area (Å²) in [4.78, 5) is 55.7. The van der Waals surface area contributed by atoms with Gasteiger partial charge in [-0.15, -0.1) is 0 Å². The Kier molecular flexibility index (Phi) is 5.08. The zero-order valence-electron chi connectivity index (χ0n) is 16.3. The molecule has 152 valence electrons. The first-order valence-electron chi connectivity index (χ1n) is 9.84. The van der Waals surface area contributed by atoms with Crippen LogP contribution in [0.4, 0.5) is 0 Å². The van der Waals surface area contributed by atoms with Crippen molar-refractivity contribution in [3.8, 4) is 0 Å². The second kappa shape index (κ2) is 7.69. The van der Waals surface area contributed by atoms with E-state index in [9.17, 15) is 19.2 Å². The third-order valence-corrected chi connectivity index (χ3v) is 5.94. The van der Waals surface area contributed by atoms with E-state index in [-0.39, 0.29) is 35.8 Å². The van der Waals surface area contributed by atoms with Gasteiger partial charge in [0.25, 0.3) is 5.56 Å². The molecule has 8 nitrogen and oxygen atoms in total. The average Bonchev–Trinajstić information content (AvgIpc) is 3.02. The smallest absolute Gasteiger partial charge is 0.328 e. The number of benzene rings is 1. The molecule has 3 aliphatic rings. The van der Waals surface area contributed by atoms with E-state index in [1.54, 1.807) is 4.90 Å². The SMILES string of the molecule is Cn1c(=O)[nH]cc(CC(=O)N2C[C@H]3CC[C@@H](C2)N(Cc2ccccc2)C3=O)c1=O. The highest BCUT2D eigenvalue weighted by Gasteiger charge is 2.41. The molecule has 1 aromatic heterocycles. The lowest BCUT2D eigenvalue weighted by Gasteiger charge is -2.36. The number of amides is 2. The molecule has 2 amide bonds. The number of aromatic nitrogens is 2. The first kappa shape index (κ1) is 19.2. The van der Waals surface area contributed by atoms with Crippen molar-refractivity contribution < 1.29 is 9.59 Å². The number of hydrogen-bond donors (Lipinski definition) is 1. The van der Waals surface area contributed by atoms with Crippen LogP contribution in [0.1, 0.15) is 24.0 Å². The van der Waals surface area contributed by atoms with Gasteiger partial charge >= 0.3 is 5.69 Å². The van der Waals surface area contributed by atoms with Crippen LogP contribution in [-0.4, -0.2) is 50.3 Å². The van der Waals surface area contributed by atoms with Crippen LogP contribution >= 0.6 is 0 Å². The van der Waals surface area contributed by atoms with Crippen molar-refractivity contribution in [3.05, 3.63) is 68.5 Å². The summed E-state index contributed by atoms with van der Waals surface area (Å²) in [6.45, 7) is 1.39. The van der Waals surface area contributed by atoms with Crippen molar-refractivity contribution in [2.75, 3.05) is 13.1 Å². The van der Waals surface area contributed by atoms with Gasteiger partial charge in [0.15, 0.2) is 0 Å². The number of nitrogens with zero attached hydrogens (tertiary/aromatic N) is 3. The van der Waals surface area contributed by atoms with Crippen molar-refractivity contribution in [3.63, 3.8) is 0 Å². The van der Waals surface area contributed by atoms with Gasteiger partial charge in [0, 0.05) is 44.5 Å². The fourth-order valence-corrected chi connectivity index (χ4v) is 4.25. The summed E-state index contributed by atoms with van der Waals surface area (Å²) in [7, 11) is 1.38. The molecule has 0 aliphatic carbocycles. The maximum atomic E-state index is 13.0. The maximum Gasteiger partial charge on any atom is 0.328 e. The molecule has 4 heterocycles. The molecule has 3 fully saturated rings. The van der Waals surface area contributed by atoms with Crippen molar-refractivity contribution >= 4 is 11.8 Å². The molecular weight excluding hydrogens is 372 g/mol. The Morgan fingerprint density at radius 1 is 1.10 bits per heavy atom. The van der Waals surface area contributed by atoms with E-state index in [2.05, 4.69) is 4.98 Å². The van der Waals surface area contributed by atoms with Gasteiger partial charge in [0.05, 0.1) is 12.3 Å². The number of rotatable bonds is 4. The van der Waals surface area contributed by atoms with Crippen LogP contribution in [0.2, 0.25) is 0 Å². The molecule has 1 aromatic carbocycles. The molecule has 2 aromatic rings. The predicted molar refractivity (Wildman–Crippen MR) is 106 cm³/mol. The van der Waals surface area contributed by atoms with Gasteiger partial charge in [-0.1, -0.05) is 30.3 Å². The number of nitrogens with one attached hydrogen (secondary N) is 1. The molecule has 0 spiro atoms. The van der Waals surface area contributed by atoms with Crippen LogP contribution < -0.4 is 11.2 Å². The van der Waals surface area contributed by atoms with Crippen molar-refractivity contribution in [2.24, 2.45) is 13.0 Å². The summed E-state index contributed by atoms with van der Waals surface area (Å²) in [6, 6.07) is 9.83. The van der Waals surface area contributed by atoms with E-state index < -0.39 is 11.2 Å². The Balaban J connectivity index is 1.51.